The molecule has 0 spiro atoms. The fourth-order valence-electron chi connectivity index (χ4n) is 1.37. The zero-order valence-corrected chi connectivity index (χ0v) is 10.4. The number of carbonyl (C=O) groups is 1. The normalized spacial score (nSPS) is 10.1. The number of aromatic nitrogens is 2. The van der Waals surface area contributed by atoms with E-state index in [2.05, 4.69) is 4.98 Å². The van der Waals surface area contributed by atoms with Crippen LogP contribution in [0.25, 0.3) is 0 Å². The zero-order chi connectivity index (χ0) is 14.7. The number of nitrogen functional groups attached to an aromatic ring is 1. The number of hydrogen-bond donors (Lipinski definition) is 1. The summed E-state index contributed by atoms with van der Waals surface area (Å²) in [5.41, 5.74) is 4.08. The maximum Gasteiger partial charge on any atom is 0.427 e. The number of nitrogens with zero attached hydrogens (tertiary/aromatic N) is 2. The Labute approximate surface area is 112 Å². The molecule has 1 aromatic heterocycles. The van der Waals surface area contributed by atoms with E-state index in [1.807, 2.05) is 0 Å². The van der Waals surface area contributed by atoms with Crippen molar-refractivity contribution in [1.29, 1.82) is 0 Å². The number of methoxy groups -OCH3 is 1. The molecule has 1 heterocycles. The maximum atomic E-state index is 13.2. The summed E-state index contributed by atoms with van der Waals surface area (Å²) >= 11 is 0. The molecule has 0 bridgehead atoms. The summed E-state index contributed by atoms with van der Waals surface area (Å²) < 4.78 is 23.4. The van der Waals surface area contributed by atoms with Crippen LogP contribution in [0.15, 0.2) is 35.3 Å². The number of carbonyl (C=O) groups excluding carboxylic acids is 1. The first kappa shape index (κ1) is 13.5. The number of hydrogen-bond acceptors (Lipinski definition) is 6. The van der Waals surface area contributed by atoms with Crippen LogP contribution in [0.2, 0.25) is 0 Å². The third-order valence-electron chi connectivity index (χ3n) is 2.37. The van der Waals surface area contributed by atoms with E-state index < -0.39 is 23.4 Å². The SMILES string of the molecule is COc1ccc(OC(=O)n2cc(F)c(N)nc2=O)cc1. The van der Waals surface area contributed by atoms with Gasteiger partial charge < -0.3 is 15.2 Å². The van der Waals surface area contributed by atoms with Gasteiger partial charge in [-0.1, -0.05) is 0 Å². The van der Waals surface area contributed by atoms with Crippen molar-refractivity contribution in [3.8, 4) is 11.5 Å². The maximum absolute atomic E-state index is 13.2. The minimum absolute atomic E-state index is 0.167. The molecule has 8 heteroatoms. The summed E-state index contributed by atoms with van der Waals surface area (Å²) in [5, 5.41) is 0. The van der Waals surface area contributed by atoms with Crippen molar-refractivity contribution in [3.05, 3.63) is 46.8 Å². The Morgan fingerprint density at radius 3 is 2.50 bits per heavy atom. The Morgan fingerprint density at radius 1 is 1.30 bits per heavy atom. The summed E-state index contributed by atoms with van der Waals surface area (Å²) in [6.45, 7) is 0. The van der Waals surface area contributed by atoms with Crippen molar-refractivity contribution < 1.29 is 18.7 Å². The van der Waals surface area contributed by atoms with Crippen LogP contribution >= 0.6 is 0 Å². The number of nitrogens with two attached hydrogens (primary N) is 1. The second-order valence-electron chi connectivity index (χ2n) is 3.67. The van der Waals surface area contributed by atoms with Crippen LogP contribution in [0.5, 0.6) is 11.5 Å². The van der Waals surface area contributed by atoms with E-state index in [0.29, 0.717) is 16.5 Å². The molecule has 104 valence electrons. The van der Waals surface area contributed by atoms with Crippen molar-refractivity contribution in [2.45, 2.75) is 0 Å². The molecular weight excluding hydrogens is 269 g/mol. The molecule has 7 nitrogen and oxygen atoms in total. The van der Waals surface area contributed by atoms with E-state index in [4.69, 9.17) is 15.2 Å². The second kappa shape index (κ2) is 5.39. The van der Waals surface area contributed by atoms with Gasteiger partial charge in [-0.2, -0.15) is 9.55 Å². The topological polar surface area (TPSA) is 96.4 Å². The number of halogens is 1. The Bertz CT molecular complexity index is 697. The molecule has 20 heavy (non-hydrogen) atoms. The average Bonchev–Trinajstić information content (AvgIpc) is 2.43. The zero-order valence-electron chi connectivity index (χ0n) is 10.4. The number of benzene rings is 1. The molecule has 0 fully saturated rings. The summed E-state index contributed by atoms with van der Waals surface area (Å²) in [6, 6.07) is 6.05. The second-order valence-corrected chi connectivity index (χ2v) is 3.67. The van der Waals surface area contributed by atoms with Gasteiger partial charge in [0.1, 0.15) is 11.5 Å². The summed E-state index contributed by atoms with van der Waals surface area (Å²) in [7, 11) is 1.49. The Kier molecular flexibility index (Phi) is 3.65. The lowest BCUT2D eigenvalue weighted by molar-refractivity contribution is 0.200. The van der Waals surface area contributed by atoms with Crippen molar-refractivity contribution in [2.75, 3.05) is 12.8 Å². The predicted octanol–water partition coefficient (Wildman–Crippen LogP) is 1.02. The number of anilines is 1. The standard InChI is InChI=1S/C12H10FN3O4/c1-19-7-2-4-8(5-3-7)20-12(18)16-6-9(13)10(14)15-11(16)17/h2-6H,1H3,(H2,14,15,17). The number of ether oxygens (including phenoxy) is 2. The Balaban J connectivity index is 2.23. The van der Waals surface area contributed by atoms with E-state index in [0.717, 1.165) is 0 Å². The fourth-order valence-corrected chi connectivity index (χ4v) is 1.37. The lowest BCUT2D eigenvalue weighted by Crippen LogP contribution is -2.32. The van der Waals surface area contributed by atoms with Gasteiger partial charge in [0.15, 0.2) is 11.6 Å². The summed E-state index contributed by atoms with van der Waals surface area (Å²) in [4.78, 5) is 26.3. The van der Waals surface area contributed by atoms with Crippen LogP contribution in [0.3, 0.4) is 0 Å². The first-order chi connectivity index (χ1) is 9.51. The highest BCUT2D eigenvalue weighted by Gasteiger charge is 2.14. The molecule has 0 radical (unpaired) electrons. The van der Waals surface area contributed by atoms with Crippen molar-refractivity contribution in [1.82, 2.24) is 9.55 Å². The highest BCUT2D eigenvalue weighted by atomic mass is 19.1. The van der Waals surface area contributed by atoms with Gasteiger partial charge in [-0.3, -0.25) is 0 Å². The minimum atomic E-state index is -1.09. The van der Waals surface area contributed by atoms with Gasteiger partial charge in [0, 0.05) is 0 Å². The average molecular weight is 279 g/mol. The van der Waals surface area contributed by atoms with Crippen LogP contribution in [-0.2, 0) is 0 Å². The van der Waals surface area contributed by atoms with Gasteiger partial charge in [0.2, 0.25) is 0 Å². The molecule has 0 saturated carbocycles. The monoisotopic (exact) mass is 279 g/mol. The molecule has 0 aliphatic rings. The van der Waals surface area contributed by atoms with E-state index in [1.54, 1.807) is 12.1 Å². The first-order valence-electron chi connectivity index (χ1n) is 5.42. The lowest BCUT2D eigenvalue weighted by atomic mass is 10.3. The van der Waals surface area contributed by atoms with E-state index in [1.165, 1.54) is 19.2 Å². The van der Waals surface area contributed by atoms with Gasteiger partial charge in [0.05, 0.1) is 13.3 Å². The molecule has 0 saturated heterocycles. The highest BCUT2D eigenvalue weighted by Crippen LogP contribution is 2.17. The number of rotatable bonds is 2. The smallest absolute Gasteiger partial charge is 0.427 e. The summed E-state index contributed by atoms with van der Waals surface area (Å²) in [6.07, 6.45) is -0.470. The molecule has 1 aromatic carbocycles. The molecule has 2 rings (SSSR count). The molecule has 0 amide bonds. The quantitative estimate of drug-likeness (QED) is 0.881. The van der Waals surface area contributed by atoms with Crippen LogP contribution in [0.1, 0.15) is 0 Å². The molecule has 0 unspecified atom stereocenters. The largest absolute Gasteiger partial charge is 0.497 e. The molecule has 0 atom stereocenters. The predicted molar refractivity (Wildman–Crippen MR) is 67.3 cm³/mol. The Morgan fingerprint density at radius 2 is 1.90 bits per heavy atom. The van der Waals surface area contributed by atoms with E-state index in [-0.39, 0.29) is 5.75 Å². The van der Waals surface area contributed by atoms with Gasteiger partial charge in [-0.25, -0.2) is 14.0 Å². The van der Waals surface area contributed by atoms with Gasteiger partial charge in [0.25, 0.3) is 0 Å². The van der Waals surface area contributed by atoms with Crippen LogP contribution in [0.4, 0.5) is 15.0 Å². The fraction of sp³-hybridized carbons (Fsp3) is 0.0833. The van der Waals surface area contributed by atoms with Crippen molar-refractivity contribution in [3.63, 3.8) is 0 Å². The Hall–Kier alpha value is -2.90. The van der Waals surface area contributed by atoms with Gasteiger partial charge in [-0.15, -0.1) is 0 Å². The third kappa shape index (κ3) is 2.74. The molecule has 0 aliphatic heterocycles. The van der Waals surface area contributed by atoms with Crippen LogP contribution in [-0.4, -0.2) is 22.8 Å². The molecule has 0 aliphatic carbocycles. The molecule has 2 N–H and O–H groups in total. The summed E-state index contributed by atoms with van der Waals surface area (Å²) in [5.74, 6) is -0.832. The van der Waals surface area contributed by atoms with Crippen LogP contribution < -0.4 is 20.9 Å². The van der Waals surface area contributed by atoms with Crippen LogP contribution in [0, 0.1) is 5.82 Å². The van der Waals surface area contributed by atoms with Gasteiger partial charge in [-0.05, 0) is 24.3 Å². The third-order valence-corrected chi connectivity index (χ3v) is 2.37. The van der Waals surface area contributed by atoms with Crippen molar-refractivity contribution >= 4 is 11.9 Å². The van der Waals surface area contributed by atoms with Crippen molar-refractivity contribution in [2.24, 2.45) is 0 Å². The van der Waals surface area contributed by atoms with E-state index in [9.17, 15) is 14.0 Å². The minimum Gasteiger partial charge on any atom is -0.497 e. The molecule has 2 aromatic rings. The van der Waals surface area contributed by atoms with Gasteiger partial charge >= 0.3 is 11.8 Å². The van der Waals surface area contributed by atoms with E-state index >= 15 is 0 Å². The molecular formula is C12H10FN3O4. The highest BCUT2D eigenvalue weighted by molar-refractivity contribution is 5.73. The lowest BCUT2D eigenvalue weighted by Gasteiger charge is -2.07. The first-order valence-corrected chi connectivity index (χ1v) is 5.42.